The summed E-state index contributed by atoms with van der Waals surface area (Å²) in [5.74, 6) is 0.722. The van der Waals surface area contributed by atoms with Crippen molar-refractivity contribution in [2.24, 2.45) is 5.92 Å². The first-order valence-corrected chi connectivity index (χ1v) is 5.89. The SMILES string of the molecule is Nc1cccc(CCN2C(=O)C3CC2C3)c1. The molecule has 1 saturated carbocycles. The van der Waals surface area contributed by atoms with E-state index in [1.807, 2.05) is 23.1 Å². The Morgan fingerprint density at radius 1 is 1.38 bits per heavy atom. The van der Waals surface area contributed by atoms with Gasteiger partial charge in [0, 0.05) is 24.2 Å². The fourth-order valence-electron chi connectivity index (χ4n) is 2.75. The number of nitrogen functional groups attached to an aromatic ring is 1. The number of fused-ring (bicyclic) bond motifs is 1. The number of amides is 1. The van der Waals surface area contributed by atoms with Crippen molar-refractivity contribution in [3.8, 4) is 0 Å². The Hall–Kier alpha value is -1.51. The summed E-state index contributed by atoms with van der Waals surface area (Å²) >= 11 is 0. The van der Waals surface area contributed by atoms with E-state index in [2.05, 4.69) is 6.07 Å². The molecule has 1 amide bonds. The second-order valence-electron chi connectivity index (χ2n) is 4.85. The first-order valence-electron chi connectivity index (χ1n) is 5.89. The van der Waals surface area contributed by atoms with E-state index in [0.717, 1.165) is 31.5 Å². The molecule has 0 unspecified atom stereocenters. The van der Waals surface area contributed by atoms with Gasteiger partial charge in [0.2, 0.25) is 5.91 Å². The van der Waals surface area contributed by atoms with Crippen molar-refractivity contribution < 1.29 is 4.79 Å². The maximum atomic E-state index is 11.7. The van der Waals surface area contributed by atoms with Gasteiger partial charge >= 0.3 is 0 Å². The zero-order valence-electron chi connectivity index (χ0n) is 9.23. The lowest BCUT2D eigenvalue weighted by Crippen LogP contribution is -2.31. The molecule has 2 saturated heterocycles. The summed E-state index contributed by atoms with van der Waals surface area (Å²) < 4.78 is 0. The highest BCUT2D eigenvalue weighted by molar-refractivity contribution is 5.84. The van der Waals surface area contributed by atoms with Gasteiger partial charge in [0.05, 0.1) is 0 Å². The van der Waals surface area contributed by atoms with Crippen LogP contribution in [0.5, 0.6) is 0 Å². The van der Waals surface area contributed by atoms with Gasteiger partial charge in [-0.25, -0.2) is 0 Å². The molecule has 16 heavy (non-hydrogen) atoms. The minimum atomic E-state index is 0.353. The van der Waals surface area contributed by atoms with Gasteiger partial charge in [0.15, 0.2) is 0 Å². The van der Waals surface area contributed by atoms with E-state index in [1.54, 1.807) is 0 Å². The van der Waals surface area contributed by atoms with E-state index in [9.17, 15) is 4.79 Å². The zero-order chi connectivity index (χ0) is 11.1. The van der Waals surface area contributed by atoms with Crippen molar-refractivity contribution in [2.45, 2.75) is 25.3 Å². The summed E-state index contributed by atoms with van der Waals surface area (Å²) in [5, 5.41) is 0. The number of hydrogen-bond donors (Lipinski definition) is 1. The molecule has 2 bridgehead atoms. The summed E-state index contributed by atoms with van der Waals surface area (Å²) in [4.78, 5) is 13.8. The third-order valence-electron chi connectivity index (χ3n) is 3.78. The first kappa shape index (κ1) is 9.70. The first-order chi connectivity index (χ1) is 7.74. The molecule has 0 spiro atoms. The van der Waals surface area contributed by atoms with Crippen LogP contribution in [0.1, 0.15) is 18.4 Å². The molecule has 1 aromatic carbocycles. The minimum absolute atomic E-state index is 0.353. The van der Waals surface area contributed by atoms with Crippen molar-refractivity contribution in [3.05, 3.63) is 29.8 Å². The van der Waals surface area contributed by atoms with E-state index in [1.165, 1.54) is 5.56 Å². The summed E-state index contributed by atoms with van der Waals surface area (Å²) in [5.41, 5.74) is 7.74. The number of anilines is 1. The number of rotatable bonds is 3. The van der Waals surface area contributed by atoms with Crippen LogP contribution in [0.3, 0.4) is 0 Å². The molecule has 0 aromatic heterocycles. The van der Waals surface area contributed by atoms with E-state index < -0.39 is 0 Å². The van der Waals surface area contributed by atoms with Crippen LogP contribution in [0.15, 0.2) is 24.3 Å². The maximum absolute atomic E-state index is 11.7. The van der Waals surface area contributed by atoms with Crippen molar-refractivity contribution in [1.29, 1.82) is 0 Å². The molecule has 2 heterocycles. The van der Waals surface area contributed by atoms with Crippen LogP contribution in [-0.4, -0.2) is 23.4 Å². The second-order valence-corrected chi connectivity index (χ2v) is 4.85. The number of carbonyl (C=O) groups is 1. The van der Waals surface area contributed by atoms with E-state index in [0.29, 0.717) is 17.9 Å². The summed E-state index contributed by atoms with van der Waals surface area (Å²) in [6.07, 6.45) is 3.10. The number of nitrogens with zero attached hydrogens (tertiary/aromatic N) is 1. The van der Waals surface area contributed by atoms with Gasteiger partial charge in [0.1, 0.15) is 0 Å². The van der Waals surface area contributed by atoms with Crippen molar-refractivity contribution in [3.63, 3.8) is 0 Å². The molecule has 3 nitrogen and oxygen atoms in total. The molecule has 3 heteroatoms. The number of carbonyl (C=O) groups excluding carboxylic acids is 1. The van der Waals surface area contributed by atoms with Crippen molar-refractivity contribution >= 4 is 11.6 Å². The predicted molar refractivity (Wildman–Crippen MR) is 62.8 cm³/mol. The molecule has 0 radical (unpaired) electrons. The maximum Gasteiger partial charge on any atom is 0.226 e. The highest BCUT2D eigenvalue weighted by Crippen LogP contribution is 2.41. The van der Waals surface area contributed by atoms with Crippen LogP contribution in [0.4, 0.5) is 5.69 Å². The fourth-order valence-corrected chi connectivity index (χ4v) is 2.75. The van der Waals surface area contributed by atoms with E-state index >= 15 is 0 Å². The Kier molecular flexibility index (Phi) is 2.13. The van der Waals surface area contributed by atoms with Gasteiger partial charge in [-0.1, -0.05) is 12.1 Å². The largest absolute Gasteiger partial charge is 0.399 e. The summed E-state index contributed by atoms with van der Waals surface area (Å²) in [6.45, 7) is 0.851. The fraction of sp³-hybridized carbons (Fsp3) is 0.462. The molecule has 1 aromatic rings. The standard InChI is InChI=1S/C13H16N2O/c14-11-3-1-2-9(6-11)4-5-15-12-7-10(8-12)13(15)16/h1-3,6,10,12H,4-5,7-8,14H2. The van der Waals surface area contributed by atoms with Gasteiger partial charge in [0.25, 0.3) is 0 Å². The smallest absolute Gasteiger partial charge is 0.226 e. The molecule has 3 fully saturated rings. The van der Waals surface area contributed by atoms with Crippen molar-refractivity contribution in [1.82, 2.24) is 4.90 Å². The summed E-state index contributed by atoms with van der Waals surface area (Å²) in [6, 6.07) is 8.46. The Labute approximate surface area is 95.2 Å². The van der Waals surface area contributed by atoms with Crippen LogP contribution in [0.2, 0.25) is 0 Å². The highest BCUT2D eigenvalue weighted by Gasteiger charge is 2.49. The molecular weight excluding hydrogens is 200 g/mol. The van der Waals surface area contributed by atoms with Gasteiger partial charge < -0.3 is 10.6 Å². The van der Waals surface area contributed by atoms with Crippen LogP contribution < -0.4 is 5.73 Å². The van der Waals surface area contributed by atoms with Crippen LogP contribution >= 0.6 is 0 Å². The van der Waals surface area contributed by atoms with Crippen LogP contribution in [-0.2, 0) is 11.2 Å². The monoisotopic (exact) mass is 216 g/mol. The van der Waals surface area contributed by atoms with Gasteiger partial charge in [-0.2, -0.15) is 0 Å². The molecule has 4 rings (SSSR count). The average Bonchev–Trinajstić information content (AvgIpc) is 2.65. The molecule has 0 atom stereocenters. The van der Waals surface area contributed by atoms with Crippen LogP contribution in [0, 0.1) is 5.92 Å². The number of nitrogens with two attached hydrogens (primary N) is 1. The predicted octanol–water partition coefficient (Wildman–Crippen LogP) is 1.43. The number of hydrogen-bond acceptors (Lipinski definition) is 2. The molecule has 1 aliphatic carbocycles. The van der Waals surface area contributed by atoms with Gasteiger partial charge in [-0.05, 0) is 37.0 Å². The normalized spacial score (nSPS) is 27.0. The van der Waals surface area contributed by atoms with Gasteiger partial charge in [-0.3, -0.25) is 4.79 Å². The minimum Gasteiger partial charge on any atom is -0.399 e. The lowest BCUT2D eigenvalue weighted by molar-refractivity contribution is -0.128. The lowest BCUT2D eigenvalue weighted by Gasteiger charge is -2.24. The Bertz CT molecular complexity index is 424. The molecule has 2 aliphatic heterocycles. The van der Waals surface area contributed by atoms with E-state index in [-0.39, 0.29) is 0 Å². The van der Waals surface area contributed by atoms with Gasteiger partial charge in [-0.15, -0.1) is 0 Å². The number of benzene rings is 1. The van der Waals surface area contributed by atoms with E-state index in [4.69, 9.17) is 5.73 Å². The topological polar surface area (TPSA) is 46.3 Å². The molecule has 84 valence electrons. The Balaban J connectivity index is 1.63. The average molecular weight is 216 g/mol. The highest BCUT2D eigenvalue weighted by atomic mass is 16.2. The Morgan fingerprint density at radius 2 is 2.19 bits per heavy atom. The lowest BCUT2D eigenvalue weighted by atomic mass is 9.86. The molecular formula is C13H16N2O. The van der Waals surface area contributed by atoms with Crippen LogP contribution in [0.25, 0.3) is 0 Å². The Morgan fingerprint density at radius 3 is 2.81 bits per heavy atom. The third-order valence-corrected chi connectivity index (χ3v) is 3.78. The quantitative estimate of drug-likeness (QED) is 0.777. The van der Waals surface area contributed by atoms with Crippen molar-refractivity contribution in [2.75, 3.05) is 12.3 Å². The third kappa shape index (κ3) is 1.47. The molecule has 3 aliphatic rings. The second kappa shape index (κ2) is 3.51. The summed E-state index contributed by atoms with van der Waals surface area (Å²) in [7, 11) is 0. The molecule has 2 N–H and O–H groups in total. The zero-order valence-corrected chi connectivity index (χ0v) is 9.23.